The summed E-state index contributed by atoms with van der Waals surface area (Å²) in [4.78, 5) is 42.1. The van der Waals surface area contributed by atoms with Gasteiger partial charge in [0.05, 0.1) is 11.3 Å². The molecule has 30 heavy (non-hydrogen) atoms. The number of hydrogen-bond acceptors (Lipinski definition) is 4. The van der Waals surface area contributed by atoms with Crippen molar-refractivity contribution in [2.75, 3.05) is 31.5 Å². The quantitative estimate of drug-likeness (QED) is 0.478. The molecule has 0 aromatic heterocycles. The van der Waals surface area contributed by atoms with Crippen molar-refractivity contribution in [3.8, 4) is 0 Å². The van der Waals surface area contributed by atoms with Gasteiger partial charge in [-0.25, -0.2) is 0 Å². The van der Waals surface area contributed by atoms with Crippen LogP contribution in [0.2, 0.25) is 0 Å². The number of amides is 2. The van der Waals surface area contributed by atoms with E-state index in [1.54, 1.807) is 36.4 Å². The van der Waals surface area contributed by atoms with Gasteiger partial charge in [-0.2, -0.15) is 0 Å². The van der Waals surface area contributed by atoms with Crippen LogP contribution in [0.25, 0.3) is 0 Å². The van der Waals surface area contributed by atoms with Crippen molar-refractivity contribution in [2.45, 2.75) is 34.2 Å². The molecule has 0 aliphatic heterocycles. The molecule has 1 N–H and O–H groups in total. The van der Waals surface area contributed by atoms with Gasteiger partial charge < -0.3 is 10.2 Å². The van der Waals surface area contributed by atoms with Gasteiger partial charge in [-0.1, -0.05) is 38.1 Å². The molecule has 0 saturated carbocycles. The van der Waals surface area contributed by atoms with Crippen LogP contribution in [-0.2, 0) is 11.3 Å². The molecule has 0 saturated heterocycles. The molecule has 0 atom stereocenters. The predicted octanol–water partition coefficient (Wildman–Crippen LogP) is 3.83. The summed E-state index contributed by atoms with van der Waals surface area (Å²) in [5.41, 5.74) is 1.98. The van der Waals surface area contributed by atoms with Crippen molar-refractivity contribution in [2.24, 2.45) is 0 Å². The van der Waals surface area contributed by atoms with E-state index in [2.05, 4.69) is 24.1 Å². The highest BCUT2D eigenvalue weighted by molar-refractivity contribution is 6.44. The Hall–Kier alpha value is -2.99. The van der Waals surface area contributed by atoms with Gasteiger partial charge in [0.15, 0.2) is 0 Å². The van der Waals surface area contributed by atoms with Crippen LogP contribution in [0.5, 0.6) is 0 Å². The van der Waals surface area contributed by atoms with Crippen LogP contribution in [0.4, 0.5) is 5.69 Å². The van der Waals surface area contributed by atoms with Gasteiger partial charge in [-0.3, -0.25) is 19.3 Å². The lowest BCUT2D eigenvalue weighted by atomic mass is 10.0. The maximum Gasteiger partial charge on any atom is 0.295 e. The zero-order valence-corrected chi connectivity index (χ0v) is 18.3. The second kappa shape index (κ2) is 11.3. The maximum atomic E-state index is 13.1. The second-order valence-corrected chi connectivity index (χ2v) is 6.97. The number of nitrogens with zero attached hydrogens (tertiary/aromatic N) is 2. The molecule has 0 bridgehead atoms. The fourth-order valence-corrected chi connectivity index (χ4v) is 3.25. The summed E-state index contributed by atoms with van der Waals surface area (Å²) in [5, 5.41) is 2.80. The molecule has 0 fully saturated rings. The lowest BCUT2D eigenvalue weighted by Gasteiger charge is -2.21. The highest BCUT2D eigenvalue weighted by Gasteiger charge is 2.25. The van der Waals surface area contributed by atoms with Gasteiger partial charge in [-0.15, -0.1) is 0 Å². The van der Waals surface area contributed by atoms with Crippen molar-refractivity contribution < 1.29 is 14.4 Å². The maximum absolute atomic E-state index is 13.1. The molecule has 0 radical (unpaired) electrons. The Kier molecular flexibility index (Phi) is 8.74. The fourth-order valence-electron chi connectivity index (χ4n) is 3.25. The van der Waals surface area contributed by atoms with E-state index < -0.39 is 11.7 Å². The van der Waals surface area contributed by atoms with Gasteiger partial charge >= 0.3 is 0 Å². The molecule has 0 spiro atoms. The molecule has 6 nitrogen and oxygen atoms in total. The molecule has 2 aromatic carbocycles. The minimum Gasteiger partial charge on any atom is -0.336 e. The summed E-state index contributed by atoms with van der Waals surface area (Å²) in [5.74, 6) is -1.49. The van der Waals surface area contributed by atoms with E-state index in [1.807, 2.05) is 26.0 Å². The van der Waals surface area contributed by atoms with Crippen LogP contribution in [0.15, 0.2) is 48.5 Å². The van der Waals surface area contributed by atoms with E-state index in [0.29, 0.717) is 30.9 Å². The smallest absolute Gasteiger partial charge is 0.295 e. The lowest BCUT2D eigenvalue weighted by Crippen LogP contribution is -2.36. The molecule has 0 unspecified atom stereocenters. The van der Waals surface area contributed by atoms with Crippen LogP contribution >= 0.6 is 0 Å². The number of nitrogens with one attached hydrogen (secondary N) is 1. The third kappa shape index (κ3) is 5.76. The molecular formula is C24H31N3O3. The van der Waals surface area contributed by atoms with E-state index in [9.17, 15) is 14.4 Å². The van der Waals surface area contributed by atoms with Gasteiger partial charge in [-0.05, 0) is 56.8 Å². The molecule has 2 aromatic rings. The predicted molar refractivity (Wildman–Crippen MR) is 120 cm³/mol. The Morgan fingerprint density at radius 1 is 0.833 bits per heavy atom. The zero-order chi connectivity index (χ0) is 22.1. The fraction of sp³-hybridized carbons (Fsp3) is 0.375. The van der Waals surface area contributed by atoms with Gasteiger partial charge in [0, 0.05) is 25.2 Å². The van der Waals surface area contributed by atoms with E-state index in [1.165, 1.54) is 4.90 Å². The van der Waals surface area contributed by atoms with Crippen LogP contribution < -0.4 is 5.32 Å². The number of ketones is 1. The first-order chi connectivity index (χ1) is 14.4. The monoisotopic (exact) mass is 409 g/mol. The molecule has 6 heteroatoms. The molecule has 0 aliphatic rings. The van der Waals surface area contributed by atoms with Gasteiger partial charge in [0.2, 0.25) is 0 Å². The van der Waals surface area contributed by atoms with Crippen molar-refractivity contribution in [3.05, 3.63) is 65.2 Å². The van der Waals surface area contributed by atoms with E-state index >= 15 is 0 Å². The highest BCUT2D eigenvalue weighted by Crippen LogP contribution is 2.21. The van der Waals surface area contributed by atoms with Crippen molar-refractivity contribution >= 4 is 23.3 Å². The van der Waals surface area contributed by atoms with Gasteiger partial charge in [0.25, 0.3) is 17.6 Å². The second-order valence-electron chi connectivity index (χ2n) is 6.97. The van der Waals surface area contributed by atoms with Crippen molar-refractivity contribution in [3.63, 3.8) is 0 Å². The minimum atomic E-state index is -0.608. The Balaban J connectivity index is 2.40. The largest absolute Gasteiger partial charge is 0.336 e. The number of hydrogen-bond donors (Lipinski definition) is 1. The topological polar surface area (TPSA) is 69.7 Å². The molecule has 0 aliphatic carbocycles. The molecule has 2 rings (SSSR count). The number of benzene rings is 2. The first-order valence-electron chi connectivity index (χ1n) is 10.5. The highest BCUT2D eigenvalue weighted by atomic mass is 16.2. The summed E-state index contributed by atoms with van der Waals surface area (Å²) in [7, 11) is 0. The first kappa shape index (κ1) is 23.3. The van der Waals surface area contributed by atoms with Crippen LogP contribution in [0.1, 0.15) is 54.0 Å². The Morgan fingerprint density at radius 3 is 2.03 bits per heavy atom. The summed E-state index contributed by atoms with van der Waals surface area (Å²) in [6, 6.07) is 14.1. The SMILES string of the molecule is CCN(CC)Cc1ccc(NC(=O)c2ccccc2)c(C(=O)C(=O)N(CC)CC)c1. The third-order valence-electron chi connectivity index (χ3n) is 5.16. The summed E-state index contributed by atoms with van der Waals surface area (Å²) in [6.07, 6.45) is 0. The summed E-state index contributed by atoms with van der Waals surface area (Å²) < 4.78 is 0. The number of Topliss-reactive ketones (excluding diaryl/α,β-unsaturated/α-hetero) is 1. The molecule has 160 valence electrons. The van der Waals surface area contributed by atoms with E-state index in [4.69, 9.17) is 0 Å². The minimum absolute atomic E-state index is 0.223. The number of anilines is 1. The van der Waals surface area contributed by atoms with Crippen molar-refractivity contribution in [1.82, 2.24) is 9.80 Å². The number of carbonyl (C=O) groups is 3. The lowest BCUT2D eigenvalue weighted by molar-refractivity contribution is -0.126. The Bertz CT molecular complexity index is 873. The average Bonchev–Trinajstić information content (AvgIpc) is 2.79. The first-order valence-corrected chi connectivity index (χ1v) is 10.5. The van der Waals surface area contributed by atoms with Crippen molar-refractivity contribution in [1.29, 1.82) is 0 Å². The van der Waals surface area contributed by atoms with Crippen LogP contribution in [0, 0.1) is 0 Å². The molecule has 2 amide bonds. The molecular weight excluding hydrogens is 378 g/mol. The van der Waals surface area contributed by atoms with Gasteiger partial charge in [0.1, 0.15) is 0 Å². The summed E-state index contributed by atoms with van der Waals surface area (Å²) >= 11 is 0. The Morgan fingerprint density at radius 2 is 1.47 bits per heavy atom. The third-order valence-corrected chi connectivity index (χ3v) is 5.16. The van der Waals surface area contributed by atoms with E-state index in [0.717, 1.165) is 18.7 Å². The number of carbonyl (C=O) groups excluding carboxylic acids is 3. The Labute approximate surface area is 178 Å². The standard InChI is InChI=1S/C24H31N3O3/c1-5-26(6-2)17-18-14-15-21(25-23(29)19-12-10-9-11-13-19)20(16-18)22(28)24(30)27(7-3)8-4/h9-16H,5-8,17H2,1-4H3,(H,25,29). The zero-order valence-electron chi connectivity index (χ0n) is 18.3. The normalized spacial score (nSPS) is 10.7. The van der Waals surface area contributed by atoms with Crippen LogP contribution in [0.3, 0.4) is 0 Å². The molecule has 0 heterocycles. The summed E-state index contributed by atoms with van der Waals surface area (Å²) in [6.45, 7) is 11.2. The number of rotatable bonds is 10. The number of likely N-dealkylation sites (N-methyl/N-ethyl adjacent to an activating group) is 1. The average molecular weight is 410 g/mol. The van der Waals surface area contributed by atoms with Crippen LogP contribution in [-0.4, -0.2) is 53.6 Å². The van der Waals surface area contributed by atoms with E-state index in [-0.39, 0.29) is 11.5 Å².